The van der Waals surface area contributed by atoms with Crippen LogP contribution in [-0.2, 0) is 4.79 Å². The van der Waals surface area contributed by atoms with E-state index < -0.39 is 0 Å². The van der Waals surface area contributed by atoms with Gasteiger partial charge in [0.15, 0.2) is 0 Å². The number of halogens is 1. The Hall–Kier alpha value is -1.03. The van der Waals surface area contributed by atoms with E-state index in [1.165, 1.54) is 0 Å². The highest BCUT2D eigenvalue weighted by atomic mass is 79.9. The Morgan fingerprint density at radius 3 is 2.33 bits per heavy atom. The van der Waals surface area contributed by atoms with E-state index in [2.05, 4.69) is 15.9 Å². The highest BCUT2D eigenvalue weighted by molar-refractivity contribution is 9.10. The molecular weight excluding hydrogens is 224 g/mol. The zero-order valence-corrected chi connectivity index (χ0v) is 8.08. The van der Waals surface area contributed by atoms with E-state index in [4.69, 9.17) is 15.0 Å². The molecule has 0 saturated carbocycles. The number of rotatable bonds is 0. The van der Waals surface area contributed by atoms with Gasteiger partial charge >= 0.3 is 0 Å². The number of carbonyl (C=O) groups is 1. The van der Waals surface area contributed by atoms with Gasteiger partial charge in [-0.05, 0) is 24.6 Å². The molecule has 1 rings (SSSR count). The summed E-state index contributed by atoms with van der Waals surface area (Å²) in [5.41, 5.74) is 0.901. The minimum atomic E-state index is -0.250. The van der Waals surface area contributed by atoms with Gasteiger partial charge in [-0.2, -0.15) is 0 Å². The summed E-state index contributed by atoms with van der Waals surface area (Å²) in [6.07, 6.45) is 0. The maximum absolute atomic E-state index is 9.07. The molecule has 0 aliphatic carbocycles. The summed E-state index contributed by atoms with van der Waals surface area (Å²) >= 11 is 3.24. The molecule has 1 aromatic carbocycles. The standard InChI is InChI=1S/C7H7BrO.CH2O2/c1-5-2-3-6(8)4-7(5)9;2-1-3/h2-4,9H,1H3;1H,(H,2,3). The molecule has 4 heteroatoms. The highest BCUT2D eigenvalue weighted by Crippen LogP contribution is 2.20. The summed E-state index contributed by atoms with van der Waals surface area (Å²) in [6, 6.07) is 5.43. The molecule has 2 N–H and O–H groups in total. The average Bonchev–Trinajstić information content (AvgIpc) is 1.99. The predicted molar refractivity (Wildman–Crippen MR) is 49.2 cm³/mol. The number of aromatic hydroxyl groups is 1. The van der Waals surface area contributed by atoms with Crippen LogP contribution >= 0.6 is 15.9 Å². The number of phenolic OH excluding ortho intramolecular Hbond substituents is 1. The Bertz CT molecular complexity index is 260. The maximum atomic E-state index is 9.07. The van der Waals surface area contributed by atoms with Gasteiger partial charge < -0.3 is 10.2 Å². The normalized spacial score (nSPS) is 8.17. The molecule has 0 radical (unpaired) electrons. The van der Waals surface area contributed by atoms with Crippen LogP contribution in [0.15, 0.2) is 22.7 Å². The molecule has 12 heavy (non-hydrogen) atoms. The number of benzene rings is 1. The number of hydrogen-bond acceptors (Lipinski definition) is 2. The van der Waals surface area contributed by atoms with Gasteiger partial charge in [0.25, 0.3) is 6.47 Å². The van der Waals surface area contributed by atoms with Crippen LogP contribution in [0.1, 0.15) is 5.56 Å². The second-order valence-electron chi connectivity index (χ2n) is 2.04. The third-order valence-corrected chi connectivity index (χ3v) is 1.66. The zero-order chi connectivity index (χ0) is 9.56. The summed E-state index contributed by atoms with van der Waals surface area (Å²) in [5.74, 6) is 0.337. The van der Waals surface area contributed by atoms with E-state index in [1.807, 2.05) is 19.1 Å². The zero-order valence-electron chi connectivity index (χ0n) is 6.49. The number of aryl methyl sites for hydroxylation is 1. The third-order valence-electron chi connectivity index (χ3n) is 1.17. The molecular formula is C8H9BrO3. The fourth-order valence-corrected chi connectivity index (χ4v) is 0.932. The second kappa shape index (κ2) is 5.60. The fourth-order valence-electron chi connectivity index (χ4n) is 0.583. The topological polar surface area (TPSA) is 57.5 Å². The first-order valence-electron chi connectivity index (χ1n) is 3.14. The van der Waals surface area contributed by atoms with Gasteiger partial charge in [-0.3, -0.25) is 4.79 Å². The molecule has 66 valence electrons. The smallest absolute Gasteiger partial charge is 0.290 e. The van der Waals surface area contributed by atoms with E-state index in [9.17, 15) is 0 Å². The molecule has 0 spiro atoms. The van der Waals surface area contributed by atoms with Crippen molar-refractivity contribution in [1.82, 2.24) is 0 Å². The molecule has 3 nitrogen and oxygen atoms in total. The Kier molecular flexibility index (Phi) is 5.12. The summed E-state index contributed by atoms with van der Waals surface area (Å²) in [4.78, 5) is 8.36. The van der Waals surface area contributed by atoms with E-state index in [0.717, 1.165) is 10.0 Å². The highest BCUT2D eigenvalue weighted by Gasteiger charge is 1.93. The Labute approximate surface area is 78.8 Å². The van der Waals surface area contributed by atoms with Gasteiger partial charge in [-0.25, -0.2) is 0 Å². The number of hydrogen-bond donors (Lipinski definition) is 2. The maximum Gasteiger partial charge on any atom is 0.290 e. The fraction of sp³-hybridized carbons (Fsp3) is 0.125. The van der Waals surface area contributed by atoms with Gasteiger partial charge in [-0.15, -0.1) is 0 Å². The van der Waals surface area contributed by atoms with Crippen molar-refractivity contribution in [2.45, 2.75) is 6.92 Å². The largest absolute Gasteiger partial charge is 0.508 e. The molecule has 0 aliphatic rings. The van der Waals surface area contributed by atoms with E-state index in [-0.39, 0.29) is 6.47 Å². The van der Waals surface area contributed by atoms with Crippen molar-refractivity contribution in [1.29, 1.82) is 0 Å². The summed E-state index contributed by atoms with van der Waals surface area (Å²) in [7, 11) is 0. The van der Waals surface area contributed by atoms with Gasteiger partial charge in [0.2, 0.25) is 0 Å². The molecule has 0 bridgehead atoms. The number of phenols is 1. The van der Waals surface area contributed by atoms with Crippen LogP contribution in [0.4, 0.5) is 0 Å². The van der Waals surface area contributed by atoms with E-state index in [1.54, 1.807) is 6.07 Å². The van der Waals surface area contributed by atoms with Crippen molar-refractivity contribution >= 4 is 22.4 Å². The molecule has 0 aliphatic heterocycles. The third kappa shape index (κ3) is 3.98. The van der Waals surface area contributed by atoms with Crippen molar-refractivity contribution in [3.05, 3.63) is 28.2 Å². The van der Waals surface area contributed by atoms with Gasteiger partial charge in [0.05, 0.1) is 0 Å². The average molecular weight is 233 g/mol. The van der Waals surface area contributed by atoms with E-state index >= 15 is 0 Å². The molecule has 0 saturated heterocycles. The second-order valence-corrected chi connectivity index (χ2v) is 2.95. The van der Waals surface area contributed by atoms with Crippen LogP contribution in [0.3, 0.4) is 0 Å². The summed E-state index contributed by atoms with van der Waals surface area (Å²) in [6.45, 7) is 1.61. The van der Waals surface area contributed by atoms with Gasteiger partial charge in [-0.1, -0.05) is 22.0 Å². The SMILES string of the molecule is Cc1ccc(Br)cc1O.O=CO. The lowest BCUT2D eigenvalue weighted by Gasteiger charge is -1.95. The van der Waals surface area contributed by atoms with Crippen LogP contribution in [0, 0.1) is 6.92 Å². The molecule has 0 fully saturated rings. The lowest BCUT2D eigenvalue weighted by atomic mass is 10.2. The Morgan fingerprint density at radius 2 is 2.00 bits per heavy atom. The molecule has 0 heterocycles. The summed E-state index contributed by atoms with van der Waals surface area (Å²) < 4.78 is 0.908. The molecule has 0 aromatic heterocycles. The molecule has 0 amide bonds. The van der Waals surface area contributed by atoms with Crippen LogP contribution in [0.25, 0.3) is 0 Å². The molecule has 1 aromatic rings. The lowest BCUT2D eigenvalue weighted by Crippen LogP contribution is -1.71. The van der Waals surface area contributed by atoms with Crippen molar-refractivity contribution < 1.29 is 15.0 Å². The summed E-state index contributed by atoms with van der Waals surface area (Å²) in [5, 5.41) is 16.0. The molecule has 0 unspecified atom stereocenters. The first-order chi connectivity index (χ1) is 5.61. The molecule has 0 atom stereocenters. The van der Waals surface area contributed by atoms with Crippen molar-refractivity contribution in [3.63, 3.8) is 0 Å². The Morgan fingerprint density at radius 1 is 1.50 bits per heavy atom. The van der Waals surface area contributed by atoms with Gasteiger partial charge in [0.1, 0.15) is 5.75 Å². The number of carboxylic acid groups (broad SMARTS) is 1. The van der Waals surface area contributed by atoms with E-state index in [0.29, 0.717) is 5.75 Å². The van der Waals surface area contributed by atoms with Crippen LogP contribution in [0.2, 0.25) is 0 Å². The minimum Gasteiger partial charge on any atom is -0.508 e. The van der Waals surface area contributed by atoms with Gasteiger partial charge in [0, 0.05) is 4.47 Å². The van der Waals surface area contributed by atoms with Crippen LogP contribution in [0.5, 0.6) is 5.75 Å². The minimum absolute atomic E-state index is 0.250. The first-order valence-corrected chi connectivity index (χ1v) is 3.94. The Balaban J connectivity index is 0.000000354. The first kappa shape index (κ1) is 11.0. The predicted octanol–water partition coefficient (Wildman–Crippen LogP) is 2.16. The van der Waals surface area contributed by atoms with Crippen molar-refractivity contribution in [2.24, 2.45) is 0 Å². The van der Waals surface area contributed by atoms with Crippen molar-refractivity contribution in [3.8, 4) is 5.75 Å². The van der Waals surface area contributed by atoms with Crippen molar-refractivity contribution in [2.75, 3.05) is 0 Å². The quantitative estimate of drug-likeness (QED) is 0.675. The van der Waals surface area contributed by atoms with Crippen LogP contribution < -0.4 is 0 Å². The van der Waals surface area contributed by atoms with Crippen LogP contribution in [-0.4, -0.2) is 16.7 Å². The monoisotopic (exact) mass is 232 g/mol. The lowest BCUT2D eigenvalue weighted by molar-refractivity contribution is -0.122.